The van der Waals surface area contributed by atoms with Crippen molar-refractivity contribution in [2.45, 2.75) is 56.0 Å². The largest absolute Gasteiger partial charge is 0.336 e. The molecule has 1 unspecified atom stereocenters. The number of likely N-dealkylation sites (tertiary alicyclic amines) is 1. The topological polar surface area (TPSA) is 65.5 Å². The van der Waals surface area contributed by atoms with Gasteiger partial charge in [0, 0.05) is 38.1 Å². The lowest BCUT2D eigenvalue weighted by atomic mass is 9.91. The van der Waals surface area contributed by atoms with Crippen LogP contribution in [0.4, 0.5) is 4.79 Å². The number of pyridine rings is 1. The van der Waals surface area contributed by atoms with E-state index in [2.05, 4.69) is 10.3 Å². The fourth-order valence-electron chi connectivity index (χ4n) is 4.62. The predicted octanol–water partition coefficient (Wildman–Crippen LogP) is 3.38. The molecule has 0 radical (unpaired) electrons. The Labute approximate surface area is 171 Å². The minimum Gasteiger partial charge on any atom is -0.336 e. The van der Waals surface area contributed by atoms with Gasteiger partial charge in [0.2, 0.25) is 0 Å². The summed E-state index contributed by atoms with van der Waals surface area (Å²) >= 11 is 1.74. The molecule has 1 aromatic heterocycles. The summed E-state index contributed by atoms with van der Waals surface area (Å²) in [6, 6.07) is 3.89. The number of amides is 3. The number of aromatic nitrogens is 1. The van der Waals surface area contributed by atoms with E-state index >= 15 is 0 Å². The van der Waals surface area contributed by atoms with Gasteiger partial charge < -0.3 is 15.1 Å². The zero-order valence-electron chi connectivity index (χ0n) is 16.4. The lowest BCUT2D eigenvalue weighted by molar-refractivity contribution is 0.0630. The third kappa shape index (κ3) is 4.45. The summed E-state index contributed by atoms with van der Waals surface area (Å²) in [5.74, 6) is 1.86. The second-order valence-electron chi connectivity index (χ2n) is 8.14. The molecule has 2 aliphatic heterocycles. The van der Waals surface area contributed by atoms with Gasteiger partial charge in [0.25, 0.3) is 5.91 Å². The van der Waals surface area contributed by atoms with Crippen molar-refractivity contribution < 1.29 is 9.59 Å². The number of nitrogens with zero attached hydrogens (tertiary/aromatic N) is 3. The van der Waals surface area contributed by atoms with E-state index in [1.54, 1.807) is 18.0 Å². The molecule has 1 saturated carbocycles. The molecule has 1 aromatic rings. The number of rotatable bonds is 5. The van der Waals surface area contributed by atoms with Crippen LogP contribution in [0.25, 0.3) is 0 Å². The molecule has 6 nitrogen and oxygen atoms in total. The van der Waals surface area contributed by atoms with Gasteiger partial charge in [-0.25, -0.2) is 9.78 Å². The van der Waals surface area contributed by atoms with Gasteiger partial charge in [-0.05, 0) is 43.7 Å². The molecule has 28 heavy (non-hydrogen) atoms. The number of hydrogen-bond donors (Lipinski definition) is 1. The highest BCUT2D eigenvalue weighted by Gasteiger charge is 2.33. The summed E-state index contributed by atoms with van der Waals surface area (Å²) in [5, 5.41) is 3.73. The highest BCUT2D eigenvalue weighted by Crippen LogP contribution is 2.31. The van der Waals surface area contributed by atoms with Gasteiger partial charge in [-0.2, -0.15) is 0 Å². The first-order valence-electron chi connectivity index (χ1n) is 10.6. The molecular weight excluding hydrogens is 372 g/mol. The van der Waals surface area contributed by atoms with Crippen molar-refractivity contribution in [1.82, 2.24) is 20.1 Å². The van der Waals surface area contributed by atoms with Gasteiger partial charge in [0.1, 0.15) is 5.03 Å². The van der Waals surface area contributed by atoms with Crippen LogP contribution in [0, 0.1) is 5.92 Å². The van der Waals surface area contributed by atoms with Gasteiger partial charge in [-0.3, -0.25) is 4.79 Å². The monoisotopic (exact) mass is 402 g/mol. The van der Waals surface area contributed by atoms with E-state index in [9.17, 15) is 9.59 Å². The van der Waals surface area contributed by atoms with Gasteiger partial charge in [-0.1, -0.05) is 19.3 Å². The van der Waals surface area contributed by atoms with E-state index in [1.807, 2.05) is 21.9 Å². The van der Waals surface area contributed by atoms with Crippen LogP contribution < -0.4 is 5.32 Å². The van der Waals surface area contributed by atoms with Crippen molar-refractivity contribution in [2.75, 3.05) is 31.9 Å². The number of nitrogens with one attached hydrogen (secondary N) is 1. The first-order chi connectivity index (χ1) is 13.7. The van der Waals surface area contributed by atoms with Crippen LogP contribution in [0.15, 0.2) is 23.4 Å². The van der Waals surface area contributed by atoms with Crippen molar-refractivity contribution in [3.05, 3.63) is 23.9 Å². The predicted molar refractivity (Wildman–Crippen MR) is 111 cm³/mol. The molecule has 1 N–H and O–H groups in total. The number of urea groups is 1. The van der Waals surface area contributed by atoms with Crippen molar-refractivity contribution in [3.8, 4) is 0 Å². The number of carbonyl (C=O) groups excluding carboxylic acids is 2. The Hall–Kier alpha value is -1.76. The van der Waals surface area contributed by atoms with Crippen molar-refractivity contribution in [2.24, 2.45) is 5.92 Å². The molecular formula is C21H30N4O2S. The Morgan fingerprint density at radius 3 is 2.82 bits per heavy atom. The first-order valence-corrected chi connectivity index (χ1v) is 11.6. The number of piperidine rings is 1. The number of thioether (sulfide) groups is 1. The van der Waals surface area contributed by atoms with Gasteiger partial charge in [0.15, 0.2) is 0 Å². The smallest absolute Gasteiger partial charge is 0.317 e. The van der Waals surface area contributed by atoms with E-state index in [0.29, 0.717) is 13.1 Å². The molecule has 1 aliphatic carbocycles. The van der Waals surface area contributed by atoms with Crippen LogP contribution in [-0.2, 0) is 0 Å². The van der Waals surface area contributed by atoms with E-state index in [-0.39, 0.29) is 18.0 Å². The van der Waals surface area contributed by atoms with Crippen molar-refractivity contribution in [3.63, 3.8) is 0 Å². The van der Waals surface area contributed by atoms with Crippen LogP contribution in [0.1, 0.15) is 55.3 Å². The average Bonchev–Trinajstić information content (AvgIpc) is 3.19. The molecule has 0 spiro atoms. The molecule has 2 saturated heterocycles. The highest BCUT2D eigenvalue weighted by molar-refractivity contribution is 7.99. The maximum absolute atomic E-state index is 13.3. The van der Waals surface area contributed by atoms with Crippen LogP contribution in [-0.4, -0.2) is 64.7 Å². The minimum absolute atomic E-state index is 0.00408. The summed E-state index contributed by atoms with van der Waals surface area (Å²) in [6.07, 6.45) is 10.3. The third-order valence-corrected chi connectivity index (χ3v) is 7.43. The molecule has 3 heterocycles. The zero-order chi connectivity index (χ0) is 19.3. The fraction of sp³-hybridized carbons (Fsp3) is 0.667. The summed E-state index contributed by atoms with van der Waals surface area (Å²) in [5.41, 5.74) is 0.717. The quantitative estimate of drug-likeness (QED) is 0.767. The molecule has 4 rings (SSSR count). The first kappa shape index (κ1) is 19.6. The van der Waals surface area contributed by atoms with Crippen LogP contribution >= 0.6 is 11.8 Å². The van der Waals surface area contributed by atoms with Gasteiger partial charge in [0.05, 0.1) is 11.6 Å². The van der Waals surface area contributed by atoms with Crippen molar-refractivity contribution >= 4 is 23.7 Å². The van der Waals surface area contributed by atoms with E-state index < -0.39 is 0 Å². The molecule has 0 aromatic carbocycles. The average molecular weight is 403 g/mol. The Morgan fingerprint density at radius 1 is 1.18 bits per heavy atom. The molecule has 1 atom stereocenters. The van der Waals surface area contributed by atoms with E-state index in [4.69, 9.17) is 0 Å². The summed E-state index contributed by atoms with van der Waals surface area (Å²) < 4.78 is 0. The number of carbonyl (C=O) groups is 2. The second-order valence-corrected chi connectivity index (χ2v) is 9.15. The maximum atomic E-state index is 13.3. The summed E-state index contributed by atoms with van der Waals surface area (Å²) in [4.78, 5) is 33.6. The standard InChI is InChI=1S/C21H30N4O2S/c26-20(24-12-5-8-17(14-24)25-13-11-23-21(25)27)18-9-4-10-22-19(18)28-15-16-6-2-1-3-7-16/h4,9-10,16-17H,1-3,5-8,11-15H2,(H,23,27). The number of hydrogen-bond acceptors (Lipinski definition) is 4. The molecule has 3 amide bonds. The van der Waals surface area contributed by atoms with Gasteiger partial charge in [-0.15, -0.1) is 11.8 Å². The Kier molecular flexibility index (Phi) is 6.40. The van der Waals surface area contributed by atoms with E-state index in [1.165, 1.54) is 32.1 Å². The lowest BCUT2D eigenvalue weighted by Gasteiger charge is -2.37. The third-order valence-electron chi connectivity index (χ3n) is 6.20. The fourth-order valence-corrected chi connectivity index (χ4v) is 5.79. The van der Waals surface area contributed by atoms with Crippen molar-refractivity contribution in [1.29, 1.82) is 0 Å². The van der Waals surface area contributed by atoms with Crippen LogP contribution in [0.2, 0.25) is 0 Å². The molecule has 7 heteroatoms. The summed E-state index contributed by atoms with van der Waals surface area (Å²) in [6.45, 7) is 2.81. The van der Waals surface area contributed by atoms with Gasteiger partial charge >= 0.3 is 6.03 Å². The molecule has 0 bridgehead atoms. The maximum Gasteiger partial charge on any atom is 0.317 e. The Balaban J connectivity index is 1.41. The van der Waals surface area contributed by atoms with E-state index in [0.717, 1.165) is 48.2 Å². The SMILES string of the molecule is O=C(c1cccnc1SCC1CCCCC1)N1CCCC(N2CCNC2=O)C1. The lowest BCUT2D eigenvalue weighted by Crippen LogP contribution is -2.50. The van der Waals surface area contributed by atoms with Crippen LogP contribution in [0.3, 0.4) is 0 Å². The normalized spacial score (nSPS) is 23.7. The summed E-state index contributed by atoms with van der Waals surface area (Å²) in [7, 11) is 0. The molecule has 3 fully saturated rings. The Bertz CT molecular complexity index is 707. The molecule has 3 aliphatic rings. The Morgan fingerprint density at radius 2 is 2.04 bits per heavy atom. The zero-order valence-corrected chi connectivity index (χ0v) is 17.3. The minimum atomic E-state index is 0.00408. The highest BCUT2D eigenvalue weighted by atomic mass is 32.2. The van der Waals surface area contributed by atoms with Crippen LogP contribution in [0.5, 0.6) is 0 Å². The molecule has 152 valence electrons. The second kappa shape index (κ2) is 9.16.